The largest absolute Gasteiger partial charge is 0.341 e. The smallest absolute Gasteiger partial charge is 0.222 e. The van der Waals surface area contributed by atoms with Crippen LogP contribution in [0.4, 0.5) is 0 Å². The molecule has 1 aromatic rings. The van der Waals surface area contributed by atoms with E-state index in [1.165, 1.54) is 25.7 Å². The fourth-order valence-electron chi connectivity index (χ4n) is 2.88. The van der Waals surface area contributed by atoms with Crippen LogP contribution in [0.15, 0.2) is 24.3 Å². The third kappa shape index (κ3) is 4.91. The third-order valence-electron chi connectivity index (χ3n) is 4.05. The normalized spacial score (nSPS) is 14.6. The summed E-state index contributed by atoms with van der Waals surface area (Å²) in [6.07, 6.45) is 5.68. The van der Waals surface area contributed by atoms with Gasteiger partial charge in [-0.15, -0.1) is 0 Å². The minimum Gasteiger partial charge on any atom is -0.341 e. The van der Waals surface area contributed by atoms with Gasteiger partial charge in [0.1, 0.15) is 0 Å². The molecule has 3 heteroatoms. The predicted octanol–water partition coefficient (Wildman–Crippen LogP) is 2.54. The van der Waals surface area contributed by atoms with E-state index in [0.29, 0.717) is 25.4 Å². The van der Waals surface area contributed by atoms with Gasteiger partial charge in [0.05, 0.1) is 6.54 Å². The molecule has 0 spiro atoms. The molecule has 112 valence electrons. The van der Waals surface area contributed by atoms with E-state index in [1.807, 2.05) is 36.2 Å². The van der Waals surface area contributed by atoms with Crippen molar-refractivity contribution in [3.63, 3.8) is 0 Å². The lowest BCUT2D eigenvalue weighted by Crippen LogP contribution is -2.27. The molecule has 0 unspecified atom stereocenters. The quantitative estimate of drug-likeness (QED) is 0.864. The molecule has 0 aliphatic heterocycles. The lowest BCUT2D eigenvalue weighted by Gasteiger charge is -2.19. The first kappa shape index (κ1) is 15.6. The molecule has 1 aliphatic carbocycles. The molecule has 2 N–H and O–H groups in total. The second kappa shape index (κ2) is 7.85. The van der Waals surface area contributed by atoms with Gasteiger partial charge in [-0.2, -0.15) is 0 Å². The van der Waals surface area contributed by atoms with Gasteiger partial charge in [0.25, 0.3) is 0 Å². The van der Waals surface area contributed by atoms with Crippen LogP contribution < -0.4 is 5.73 Å². The van der Waals surface area contributed by atoms with Crippen molar-refractivity contribution in [2.45, 2.75) is 38.6 Å². The van der Waals surface area contributed by atoms with E-state index in [4.69, 9.17) is 5.73 Å². The maximum Gasteiger partial charge on any atom is 0.222 e. The van der Waals surface area contributed by atoms with Crippen molar-refractivity contribution in [3.05, 3.63) is 35.4 Å². The Morgan fingerprint density at radius 3 is 2.86 bits per heavy atom. The van der Waals surface area contributed by atoms with Crippen molar-refractivity contribution in [1.82, 2.24) is 4.90 Å². The Kier molecular flexibility index (Phi) is 5.83. The Labute approximate surface area is 127 Å². The summed E-state index contributed by atoms with van der Waals surface area (Å²) in [6.45, 7) is 1.01. The van der Waals surface area contributed by atoms with Gasteiger partial charge in [0, 0.05) is 25.6 Å². The van der Waals surface area contributed by atoms with Crippen molar-refractivity contribution in [3.8, 4) is 11.8 Å². The zero-order chi connectivity index (χ0) is 15.1. The molecule has 1 amide bonds. The van der Waals surface area contributed by atoms with Crippen LogP contribution in [0.25, 0.3) is 0 Å². The average molecular weight is 284 g/mol. The Balaban J connectivity index is 1.91. The Morgan fingerprint density at radius 1 is 1.38 bits per heavy atom. The summed E-state index contributed by atoms with van der Waals surface area (Å²) in [7, 11) is 1.88. The summed E-state index contributed by atoms with van der Waals surface area (Å²) in [6, 6.07) is 8.01. The summed E-state index contributed by atoms with van der Waals surface area (Å²) in [4.78, 5) is 14.1. The van der Waals surface area contributed by atoms with Gasteiger partial charge in [-0.05, 0) is 36.5 Å². The van der Waals surface area contributed by atoms with Crippen molar-refractivity contribution in [2.24, 2.45) is 11.7 Å². The molecule has 0 bridgehead atoms. The van der Waals surface area contributed by atoms with Crippen molar-refractivity contribution in [1.29, 1.82) is 0 Å². The van der Waals surface area contributed by atoms with Gasteiger partial charge < -0.3 is 10.6 Å². The molecule has 0 saturated heterocycles. The minimum atomic E-state index is 0.250. The highest BCUT2D eigenvalue weighted by Gasteiger charge is 2.20. The first-order valence-corrected chi connectivity index (χ1v) is 7.71. The van der Waals surface area contributed by atoms with Crippen molar-refractivity contribution in [2.75, 3.05) is 13.6 Å². The van der Waals surface area contributed by atoms with Gasteiger partial charge in [-0.3, -0.25) is 4.79 Å². The fraction of sp³-hybridized carbons (Fsp3) is 0.500. The fourth-order valence-corrected chi connectivity index (χ4v) is 2.88. The number of hydrogen-bond acceptors (Lipinski definition) is 2. The second-order valence-electron chi connectivity index (χ2n) is 5.81. The highest BCUT2D eigenvalue weighted by atomic mass is 16.2. The van der Waals surface area contributed by atoms with Crippen molar-refractivity contribution >= 4 is 5.91 Å². The second-order valence-corrected chi connectivity index (χ2v) is 5.81. The number of carbonyl (C=O) groups is 1. The van der Waals surface area contributed by atoms with E-state index < -0.39 is 0 Å². The Morgan fingerprint density at radius 2 is 2.14 bits per heavy atom. The first-order valence-electron chi connectivity index (χ1n) is 7.71. The summed E-state index contributed by atoms with van der Waals surface area (Å²) in [5, 5.41) is 0. The van der Waals surface area contributed by atoms with E-state index in [9.17, 15) is 4.79 Å². The van der Waals surface area contributed by atoms with Crippen LogP contribution >= 0.6 is 0 Å². The van der Waals surface area contributed by atoms with Crippen LogP contribution in [-0.4, -0.2) is 24.4 Å². The first-order chi connectivity index (χ1) is 10.2. The van der Waals surface area contributed by atoms with Crippen LogP contribution in [0.1, 0.15) is 43.2 Å². The van der Waals surface area contributed by atoms with Crippen LogP contribution in [0.5, 0.6) is 0 Å². The molecule has 21 heavy (non-hydrogen) atoms. The maximum atomic E-state index is 12.2. The van der Waals surface area contributed by atoms with Crippen LogP contribution in [0.2, 0.25) is 0 Å². The Hall–Kier alpha value is -1.79. The molecule has 0 atom stereocenters. The molecule has 0 heterocycles. The SMILES string of the molecule is CN(Cc1cccc(C#CCN)c1)C(=O)CC1CCCC1. The lowest BCUT2D eigenvalue weighted by atomic mass is 10.0. The molecule has 1 fully saturated rings. The van der Waals surface area contributed by atoms with Crippen molar-refractivity contribution < 1.29 is 4.79 Å². The van der Waals surface area contributed by atoms with Crippen LogP contribution in [0.3, 0.4) is 0 Å². The standard InChI is InChI=1S/C18H24N2O/c1-20(18(21)13-16-6-2-3-7-16)14-17-9-4-8-15(12-17)10-5-11-19/h4,8-9,12,16H,2-3,6-7,11,13-14,19H2,1H3. The zero-order valence-electron chi connectivity index (χ0n) is 12.8. The summed E-state index contributed by atoms with van der Waals surface area (Å²) >= 11 is 0. The molecular formula is C18H24N2O. The van der Waals surface area contributed by atoms with Crippen LogP contribution in [-0.2, 0) is 11.3 Å². The molecule has 2 rings (SSSR count). The molecular weight excluding hydrogens is 260 g/mol. The summed E-state index contributed by atoms with van der Waals surface area (Å²) in [5.74, 6) is 6.73. The summed E-state index contributed by atoms with van der Waals surface area (Å²) in [5.41, 5.74) is 7.45. The number of rotatable bonds is 4. The van der Waals surface area contributed by atoms with E-state index in [0.717, 1.165) is 11.1 Å². The van der Waals surface area contributed by atoms with Gasteiger partial charge in [-0.1, -0.05) is 36.8 Å². The topological polar surface area (TPSA) is 46.3 Å². The predicted molar refractivity (Wildman–Crippen MR) is 85.4 cm³/mol. The molecule has 1 aliphatic rings. The van der Waals surface area contributed by atoms with Gasteiger partial charge in [-0.25, -0.2) is 0 Å². The maximum absolute atomic E-state index is 12.2. The average Bonchev–Trinajstić information content (AvgIpc) is 2.98. The number of nitrogens with two attached hydrogens (primary N) is 1. The molecule has 0 aromatic heterocycles. The van der Waals surface area contributed by atoms with Gasteiger partial charge in [0.15, 0.2) is 0 Å². The van der Waals surface area contributed by atoms with E-state index >= 15 is 0 Å². The molecule has 1 aromatic carbocycles. The molecule has 1 saturated carbocycles. The number of benzene rings is 1. The van der Waals surface area contributed by atoms with E-state index in [2.05, 4.69) is 11.8 Å². The zero-order valence-corrected chi connectivity index (χ0v) is 12.8. The van der Waals surface area contributed by atoms with Gasteiger partial charge in [0.2, 0.25) is 5.91 Å². The number of hydrogen-bond donors (Lipinski definition) is 1. The van der Waals surface area contributed by atoms with E-state index in [1.54, 1.807) is 0 Å². The molecule has 0 radical (unpaired) electrons. The number of amides is 1. The number of carbonyl (C=O) groups excluding carboxylic acids is 1. The highest BCUT2D eigenvalue weighted by Crippen LogP contribution is 2.28. The highest BCUT2D eigenvalue weighted by molar-refractivity contribution is 5.76. The molecule has 3 nitrogen and oxygen atoms in total. The Bertz CT molecular complexity index is 536. The van der Waals surface area contributed by atoms with Crippen LogP contribution in [0, 0.1) is 17.8 Å². The van der Waals surface area contributed by atoms with E-state index in [-0.39, 0.29) is 5.91 Å². The summed E-state index contributed by atoms with van der Waals surface area (Å²) < 4.78 is 0. The monoisotopic (exact) mass is 284 g/mol. The minimum absolute atomic E-state index is 0.250. The number of nitrogens with zero attached hydrogens (tertiary/aromatic N) is 1. The van der Waals surface area contributed by atoms with Gasteiger partial charge >= 0.3 is 0 Å². The third-order valence-corrected chi connectivity index (χ3v) is 4.05. The lowest BCUT2D eigenvalue weighted by molar-refractivity contribution is -0.131.